The predicted octanol–water partition coefficient (Wildman–Crippen LogP) is 2.89. The van der Waals surface area contributed by atoms with E-state index < -0.39 is 7.60 Å². The molecule has 3 nitrogen and oxygen atoms in total. The van der Waals surface area contributed by atoms with E-state index in [0.717, 1.165) is 8.95 Å². The van der Waals surface area contributed by atoms with Crippen molar-refractivity contribution in [2.45, 2.75) is 6.16 Å². The Labute approximate surface area is 92.6 Å². The average molecular weight is 330 g/mol. The Morgan fingerprint density at radius 2 is 1.62 bits per heavy atom. The lowest BCUT2D eigenvalue weighted by atomic mass is 10.2. The van der Waals surface area contributed by atoms with Crippen molar-refractivity contribution in [1.82, 2.24) is 0 Å². The standard InChI is InChI=1S/C7H7Br2O3P/c8-6-1-5(2-7(9)3-6)4-13(10,11)12/h1-3H,4H2,(H2,10,11,12). The Morgan fingerprint density at radius 3 is 2.00 bits per heavy atom. The molecule has 13 heavy (non-hydrogen) atoms. The van der Waals surface area contributed by atoms with Crippen LogP contribution in [0, 0.1) is 0 Å². The summed E-state index contributed by atoms with van der Waals surface area (Å²) in [6, 6.07) is 5.18. The van der Waals surface area contributed by atoms with Crippen LogP contribution in [0.3, 0.4) is 0 Å². The minimum absolute atomic E-state index is 0.231. The number of hydrogen-bond acceptors (Lipinski definition) is 1. The van der Waals surface area contributed by atoms with Crippen LogP contribution in [0.5, 0.6) is 0 Å². The topological polar surface area (TPSA) is 57.5 Å². The van der Waals surface area contributed by atoms with Crippen molar-refractivity contribution < 1.29 is 14.4 Å². The van der Waals surface area contributed by atoms with Crippen LogP contribution < -0.4 is 0 Å². The average Bonchev–Trinajstić information content (AvgIpc) is 1.78. The fourth-order valence-corrected chi connectivity index (χ4v) is 2.99. The number of hydrogen-bond donors (Lipinski definition) is 2. The Morgan fingerprint density at radius 1 is 1.15 bits per heavy atom. The van der Waals surface area contributed by atoms with E-state index in [-0.39, 0.29) is 6.16 Å². The Kier molecular flexibility index (Phi) is 3.72. The summed E-state index contributed by atoms with van der Waals surface area (Å²) >= 11 is 6.48. The molecule has 72 valence electrons. The Balaban J connectivity index is 2.96. The first-order chi connectivity index (χ1) is 5.87. The lowest BCUT2D eigenvalue weighted by Crippen LogP contribution is -1.86. The highest BCUT2D eigenvalue weighted by atomic mass is 79.9. The van der Waals surface area contributed by atoms with Gasteiger partial charge < -0.3 is 9.79 Å². The summed E-state index contributed by atoms with van der Waals surface area (Å²) in [6.07, 6.45) is -0.231. The second-order valence-electron chi connectivity index (χ2n) is 2.60. The molecule has 0 aliphatic rings. The lowest BCUT2D eigenvalue weighted by Gasteiger charge is -2.04. The molecular weight excluding hydrogens is 323 g/mol. The maximum atomic E-state index is 10.7. The second kappa shape index (κ2) is 4.24. The highest BCUT2D eigenvalue weighted by Crippen LogP contribution is 2.40. The molecule has 0 saturated carbocycles. The third kappa shape index (κ3) is 4.38. The second-order valence-corrected chi connectivity index (χ2v) is 6.08. The molecular formula is C7H7Br2O3P. The van der Waals surface area contributed by atoms with Crippen LogP contribution in [0.4, 0.5) is 0 Å². The van der Waals surface area contributed by atoms with Crippen LogP contribution in [0.1, 0.15) is 5.56 Å². The van der Waals surface area contributed by atoms with Crippen molar-refractivity contribution in [3.63, 3.8) is 0 Å². The molecule has 0 atom stereocenters. The van der Waals surface area contributed by atoms with Gasteiger partial charge in [-0.2, -0.15) is 0 Å². The summed E-state index contributed by atoms with van der Waals surface area (Å²) in [5, 5.41) is 0. The van der Waals surface area contributed by atoms with Crippen LogP contribution in [0.2, 0.25) is 0 Å². The summed E-state index contributed by atoms with van der Waals surface area (Å²) in [5.41, 5.74) is 0.606. The van der Waals surface area contributed by atoms with Crippen molar-refractivity contribution in [2.24, 2.45) is 0 Å². The monoisotopic (exact) mass is 328 g/mol. The number of benzene rings is 1. The number of halogens is 2. The largest absolute Gasteiger partial charge is 0.329 e. The molecule has 0 radical (unpaired) electrons. The Hall–Kier alpha value is 0.330. The van der Waals surface area contributed by atoms with E-state index in [1.807, 2.05) is 6.07 Å². The van der Waals surface area contributed by atoms with Crippen molar-refractivity contribution >= 4 is 39.5 Å². The van der Waals surface area contributed by atoms with Gasteiger partial charge in [0.05, 0.1) is 6.16 Å². The molecule has 0 amide bonds. The molecule has 0 fully saturated rings. The first-order valence-corrected chi connectivity index (χ1v) is 6.75. The maximum absolute atomic E-state index is 10.7. The predicted molar refractivity (Wildman–Crippen MR) is 57.6 cm³/mol. The Bertz CT molecular complexity index is 341. The van der Waals surface area contributed by atoms with Gasteiger partial charge in [-0.05, 0) is 23.8 Å². The zero-order valence-electron chi connectivity index (χ0n) is 6.44. The van der Waals surface area contributed by atoms with Crippen molar-refractivity contribution in [1.29, 1.82) is 0 Å². The van der Waals surface area contributed by atoms with E-state index in [4.69, 9.17) is 9.79 Å². The molecule has 0 saturated heterocycles. The van der Waals surface area contributed by atoms with Gasteiger partial charge in [-0.1, -0.05) is 31.9 Å². The van der Waals surface area contributed by atoms with Gasteiger partial charge in [-0.3, -0.25) is 4.57 Å². The molecule has 0 unspecified atom stereocenters. The third-order valence-corrected chi connectivity index (χ3v) is 3.00. The van der Waals surface area contributed by atoms with Gasteiger partial charge >= 0.3 is 7.60 Å². The van der Waals surface area contributed by atoms with E-state index in [1.165, 1.54) is 0 Å². The lowest BCUT2D eigenvalue weighted by molar-refractivity contribution is 0.371. The van der Waals surface area contributed by atoms with Crippen LogP contribution in [0.15, 0.2) is 27.1 Å². The molecule has 1 aromatic rings. The SMILES string of the molecule is O=P(O)(O)Cc1cc(Br)cc(Br)c1. The summed E-state index contributed by atoms with van der Waals surface area (Å²) < 4.78 is 12.3. The van der Waals surface area contributed by atoms with Gasteiger partial charge in [0, 0.05) is 8.95 Å². The van der Waals surface area contributed by atoms with E-state index in [2.05, 4.69) is 31.9 Å². The zero-order valence-corrected chi connectivity index (χ0v) is 10.5. The van der Waals surface area contributed by atoms with Crippen molar-refractivity contribution in [3.05, 3.63) is 32.7 Å². The van der Waals surface area contributed by atoms with E-state index in [0.29, 0.717) is 5.56 Å². The van der Waals surface area contributed by atoms with Crippen LogP contribution in [0.25, 0.3) is 0 Å². The third-order valence-electron chi connectivity index (χ3n) is 1.31. The van der Waals surface area contributed by atoms with Crippen LogP contribution in [-0.4, -0.2) is 9.79 Å². The molecule has 1 rings (SSSR count). The summed E-state index contributed by atoms with van der Waals surface area (Å²) in [4.78, 5) is 17.5. The first-order valence-electron chi connectivity index (χ1n) is 3.36. The minimum atomic E-state index is -3.97. The molecule has 0 aromatic heterocycles. The molecule has 0 spiro atoms. The van der Waals surface area contributed by atoms with Crippen LogP contribution >= 0.6 is 39.5 Å². The molecule has 0 aliphatic carbocycles. The van der Waals surface area contributed by atoms with Crippen molar-refractivity contribution in [3.8, 4) is 0 Å². The van der Waals surface area contributed by atoms with Gasteiger partial charge in [0.15, 0.2) is 0 Å². The van der Waals surface area contributed by atoms with Gasteiger partial charge in [0.2, 0.25) is 0 Å². The van der Waals surface area contributed by atoms with Gasteiger partial charge in [-0.15, -0.1) is 0 Å². The first kappa shape index (κ1) is 11.4. The molecule has 6 heteroatoms. The fourth-order valence-electron chi connectivity index (χ4n) is 0.940. The highest BCUT2D eigenvalue weighted by Gasteiger charge is 2.14. The minimum Gasteiger partial charge on any atom is -0.324 e. The normalized spacial score (nSPS) is 11.7. The molecule has 1 aromatic carbocycles. The van der Waals surface area contributed by atoms with E-state index in [1.54, 1.807) is 12.1 Å². The number of rotatable bonds is 2. The summed E-state index contributed by atoms with van der Waals surface area (Å²) in [7, 11) is -3.97. The van der Waals surface area contributed by atoms with Crippen LogP contribution in [-0.2, 0) is 10.7 Å². The quantitative estimate of drug-likeness (QED) is 0.820. The van der Waals surface area contributed by atoms with Gasteiger partial charge in [0.1, 0.15) is 0 Å². The molecule has 2 N–H and O–H groups in total. The summed E-state index contributed by atoms with van der Waals surface area (Å²) in [6.45, 7) is 0. The maximum Gasteiger partial charge on any atom is 0.329 e. The molecule has 0 bridgehead atoms. The molecule has 0 aliphatic heterocycles. The van der Waals surface area contributed by atoms with E-state index in [9.17, 15) is 4.57 Å². The van der Waals surface area contributed by atoms with Gasteiger partial charge in [-0.25, -0.2) is 0 Å². The summed E-state index contributed by atoms with van der Waals surface area (Å²) in [5.74, 6) is 0. The fraction of sp³-hybridized carbons (Fsp3) is 0.143. The zero-order chi connectivity index (χ0) is 10.1. The smallest absolute Gasteiger partial charge is 0.324 e. The van der Waals surface area contributed by atoms with Gasteiger partial charge in [0.25, 0.3) is 0 Å². The molecule has 0 heterocycles. The van der Waals surface area contributed by atoms with Crippen molar-refractivity contribution in [2.75, 3.05) is 0 Å². The highest BCUT2D eigenvalue weighted by molar-refractivity contribution is 9.11. The van der Waals surface area contributed by atoms with E-state index >= 15 is 0 Å².